The van der Waals surface area contributed by atoms with Gasteiger partial charge in [-0.25, -0.2) is 5.43 Å². The predicted molar refractivity (Wildman–Crippen MR) is 134 cm³/mol. The second-order valence-corrected chi connectivity index (χ2v) is 7.61. The maximum absolute atomic E-state index is 11.5. The first-order valence-corrected chi connectivity index (χ1v) is 10.9. The molecule has 1 aromatic heterocycles. The number of halogens is 1. The van der Waals surface area contributed by atoms with Crippen LogP contribution in [-0.4, -0.2) is 59.2 Å². The average molecular weight is 515 g/mol. The Balaban J connectivity index is 0.00000304. The van der Waals surface area contributed by atoms with Gasteiger partial charge in [-0.2, -0.15) is 20.1 Å². The summed E-state index contributed by atoms with van der Waals surface area (Å²) in [6, 6.07) is 12.7. The Labute approximate surface area is 212 Å². The number of ether oxygens (including phenoxy) is 3. The molecule has 0 saturated carbocycles. The maximum Gasteiger partial charge on any atom is 0.282 e. The number of hydrazone groups is 1. The number of anilines is 3. The standard InChI is InChI=1S/C22H22N8O5.ClH/c31-30(32)17-11-19-18(34-14-35-19)10-16(17)13-24-28-21-25-20(23-12-15-4-2-1-3-5-15)26-22(27-21)29-6-8-33-9-7-29;/h1-5,10-11,13H,6-9,12,14H2,(H2,23,25,26,27,28);1H. The largest absolute Gasteiger partial charge is 0.454 e. The van der Waals surface area contributed by atoms with E-state index in [4.69, 9.17) is 14.2 Å². The molecule has 0 aliphatic carbocycles. The topological polar surface area (TPSA) is 149 Å². The van der Waals surface area contributed by atoms with Gasteiger partial charge in [0, 0.05) is 19.6 Å². The van der Waals surface area contributed by atoms with Crippen LogP contribution in [0.1, 0.15) is 11.1 Å². The number of aromatic nitrogens is 3. The number of hydrogen-bond donors (Lipinski definition) is 2. The molecule has 0 spiro atoms. The Bertz CT molecular complexity index is 1240. The zero-order chi connectivity index (χ0) is 24.0. The van der Waals surface area contributed by atoms with E-state index in [9.17, 15) is 10.1 Å². The lowest BCUT2D eigenvalue weighted by atomic mass is 10.1. The maximum atomic E-state index is 11.5. The molecular weight excluding hydrogens is 492 g/mol. The second-order valence-electron chi connectivity index (χ2n) is 7.61. The molecule has 2 aliphatic heterocycles. The minimum Gasteiger partial charge on any atom is -0.454 e. The molecule has 3 heterocycles. The van der Waals surface area contributed by atoms with Crippen LogP contribution < -0.4 is 25.1 Å². The molecule has 0 unspecified atom stereocenters. The van der Waals surface area contributed by atoms with Crippen LogP contribution in [0.4, 0.5) is 23.5 Å². The Kier molecular flexibility index (Phi) is 7.92. The van der Waals surface area contributed by atoms with E-state index in [1.807, 2.05) is 35.2 Å². The fourth-order valence-corrected chi connectivity index (χ4v) is 3.54. The highest BCUT2D eigenvalue weighted by molar-refractivity contribution is 5.87. The van der Waals surface area contributed by atoms with Crippen molar-refractivity contribution < 1.29 is 19.1 Å². The van der Waals surface area contributed by atoms with Crippen LogP contribution >= 0.6 is 12.4 Å². The lowest BCUT2D eigenvalue weighted by Crippen LogP contribution is -2.37. The van der Waals surface area contributed by atoms with Gasteiger partial charge in [0.2, 0.25) is 24.6 Å². The Morgan fingerprint density at radius 3 is 2.53 bits per heavy atom. The van der Waals surface area contributed by atoms with Crippen molar-refractivity contribution in [3.8, 4) is 11.5 Å². The summed E-state index contributed by atoms with van der Waals surface area (Å²) in [6.45, 7) is 2.99. The number of fused-ring (bicyclic) bond motifs is 1. The minimum atomic E-state index is -0.506. The van der Waals surface area contributed by atoms with Crippen LogP contribution in [0.25, 0.3) is 0 Å². The number of rotatable bonds is 8. The number of nitrogens with zero attached hydrogens (tertiary/aromatic N) is 6. The van der Waals surface area contributed by atoms with Crippen LogP contribution in [0.3, 0.4) is 0 Å². The third kappa shape index (κ3) is 5.87. The summed E-state index contributed by atoms with van der Waals surface area (Å²) in [6.07, 6.45) is 1.31. The van der Waals surface area contributed by atoms with E-state index in [0.29, 0.717) is 56.2 Å². The molecule has 0 bridgehead atoms. The van der Waals surface area contributed by atoms with E-state index in [1.165, 1.54) is 18.3 Å². The molecule has 14 heteroatoms. The molecule has 5 rings (SSSR count). The molecule has 13 nitrogen and oxygen atoms in total. The van der Waals surface area contributed by atoms with Crippen molar-refractivity contribution in [1.29, 1.82) is 0 Å². The van der Waals surface area contributed by atoms with Crippen molar-refractivity contribution in [2.75, 3.05) is 48.7 Å². The van der Waals surface area contributed by atoms with Crippen LogP contribution in [0.2, 0.25) is 0 Å². The van der Waals surface area contributed by atoms with Crippen molar-refractivity contribution in [1.82, 2.24) is 15.0 Å². The van der Waals surface area contributed by atoms with E-state index in [0.717, 1.165) is 5.56 Å². The van der Waals surface area contributed by atoms with Gasteiger partial charge in [-0.15, -0.1) is 12.4 Å². The number of nitro benzene ring substituents is 1. The highest BCUT2D eigenvalue weighted by Crippen LogP contribution is 2.37. The summed E-state index contributed by atoms with van der Waals surface area (Å²) < 4.78 is 16.0. The highest BCUT2D eigenvalue weighted by Gasteiger charge is 2.22. The van der Waals surface area contributed by atoms with Crippen LogP contribution in [-0.2, 0) is 11.3 Å². The van der Waals surface area contributed by atoms with Crippen LogP contribution in [0.5, 0.6) is 11.5 Å². The van der Waals surface area contributed by atoms with Gasteiger partial charge in [0.05, 0.1) is 36.0 Å². The zero-order valence-electron chi connectivity index (χ0n) is 19.0. The number of benzene rings is 2. The summed E-state index contributed by atoms with van der Waals surface area (Å²) in [7, 11) is 0. The predicted octanol–water partition coefficient (Wildman–Crippen LogP) is 2.83. The molecule has 0 amide bonds. The van der Waals surface area contributed by atoms with Crippen molar-refractivity contribution in [2.45, 2.75) is 6.54 Å². The first kappa shape index (κ1) is 24.9. The van der Waals surface area contributed by atoms with E-state index in [-0.39, 0.29) is 36.4 Å². The van der Waals surface area contributed by atoms with Gasteiger partial charge in [-0.05, 0) is 11.6 Å². The smallest absolute Gasteiger partial charge is 0.282 e. The number of hydrogen-bond acceptors (Lipinski definition) is 12. The summed E-state index contributed by atoms with van der Waals surface area (Å²) in [5.74, 6) is 1.78. The molecule has 2 aromatic carbocycles. The summed E-state index contributed by atoms with van der Waals surface area (Å²) in [4.78, 5) is 26.4. The molecule has 1 fully saturated rings. The summed E-state index contributed by atoms with van der Waals surface area (Å²) in [5, 5.41) is 18.8. The molecule has 0 atom stereocenters. The monoisotopic (exact) mass is 514 g/mol. The van der Waals surface area contributed by atoms with Crippen LogP contribution in [0.15, 0.2) is 47.6 Å². The van der Waals surface area contributed by atoms with Gasteiger partial charge in [-0.1, -0.05) is 30.3 Å². The Morgan fingerprint density at radius 1 is 1.06 bits per heavy atom. The molecule has 2 N–H and O–H groups in total. The zero-order valence-corrected chi connectivity index (χ0v) is 19.8. The first-order valence-electron chi connectivity index (χ1n) is 10.9. The Hall–Kier alpha value is -4.23. The average Bonchev–Trinajstić information content (AvgIpc) is 3.35. The molecule has 2 aliphatic rings. The summed E-state index contributed by atoms with van der Waals surface area (Å²) in [5.41, 5.74) is 3.92. The van der Waals surface area contributed by atoms with Gasteiger partial charge in [-0.3, -0.25) is 10.1 Å². The van der Waals surface area contributed by atoms with Crippen molar-refractivity contribution in [3.63, 3.8) is 0 Å². The van der Waals surface area contributed by atoms with E-state index < -0.39 is 4.92 Å². The molecule has 0 radical (unpaired) electrons. The van der Waals surface area contributed by atoms with E-state index >= 15 is 0 Å². The van der Waals surface area contributed by atoms with Gasteiger partial charge in [0.1, 0.15) is 0 Å². The lowest BCUT2D eigenvalue weighted by Gasteiger charge is -2.27. The van der Waals surface area contributed by atoms with Gasteiger partial charge >= 0.3 is 0 Å². The number of nitrogens with one attached hydrogen (secondary N) is 2. The molecule has 1 saturated heterocycles. The summed E-state index contributed by atoms with van der Waals surface area (Å²) >= 11 is 0. The van der Waals surface area contributed by atoms with E-state index in [1.54, 1.807) is 0 Å². The molecular formula is C22H23ClN8O5. The van der Waals surface area contributed by atoms with Gasteiger partial charge in [0.15, 0.2) is 11.5 Å². The second kappa shape index (κ2) is 11.5. The molecule has 188 valence electrons. The van der Waals surface area contributed by atoms with Crippen molar-refractivity contribution >= 4 is 42.2 Å². The lowest BCUT2D eigenvalue weighted by molar-refractivity contribution is -0.385. The van der Waals surface area contributed by atoms with Gasteiger partial charge in [0.25, 0.3) is 5.69 Å². The third-order valence-corrected chi connectivity index (χ3v) is 5.30. The molecule has 36 heavy (non-hydrogen) atoms. The normalized spacial score (nSPS) is 14.4. The number of nitro groups is 1. The SMILES string of the molecule is Cl.O=[N+]([O-])c1cc2c(cc1C=NNc1nc(NCc3ccccc3)nc(N3CCOCC3)n1)OCO2. The van der Waals surface area contributed by atoms with Crippen LogP contribution in [0, 0.1) is 10.1 Å². The molecule has 3 aromatic rings. The minimum absolute atomic E-state index is 0. The van der Waals surface area contributed by atoms with Crippen molar-refractivity contribution in [2.24, 2.45) is 5.10 Å². The highest BCUT2D eigenvalue weighted by atomic mass is 35.5. The van der Waals surface area contributed by atoms with Crippen molar-refractivity contribution in [3.05, 3.63) is 63.7 Å². The fourth-order valence-electron chi connectivity index (χ4n) is 3.54. The first-order chi connectivity index (χ1) is 17.2. The Morgan fingerprint density at radius 2 is 1.78 bits per heavy atom. The van der Waals surface area contributed by atoms with Gasteiger partial charge < -0.3 is 24.4 Å². The quantitative estimate of drug-likeness (QED) is 0.259. The number of morpholine rings is 1. The third-order valence-electron chi connectivity index (χ3n) is 5.30. The van der Waals surface area contributed by atoms with E-state index in [2.05, 4.69) is 30.8 Å². The fraction of sp³-hybridized carbons (Fsp3) is 0.273.